The number of carbonyl (C=O) groups excluding carboxylic acids is 1. The van der Waals surface area contributed by atoms with Crippen molar-refractivity contribution in [1.29, 1.82) is 5.26 Å². The van der Waals surface area contributed by atoms with Gasteiger partial charge in [-0.25, -0.2) is 4.98 Å². The van der Waals surface area contributed by atoms with E-state index in [9.17, 15) is 4.79 Å². The molecule has 0 saturated carbocycles. The van der Waals surface area contributed by atoms with Crippen LogP contribution in [0.4, 0.5) is 5.82 Å². The van der Waals surface area contributed by atoms with E-state index >= 15 is 0 Å². The number of nitriles is 1. The first-order valence-electron chi connectivity index (χ1n) is 8.38. The molecule has 3 rings (SSSR count). The lowest BCUT2D eigenvalue weighted by molar-refractivity contribution is -0.136. The van der Waals surface area contributed by atoms with E-state index in [1.54, 1.807) is 12.3 Å². The molecule has 2 fully saturated rings. The van der Waals surface area contributed by atoms with Crippen molar-refractivity contribution in [3.63, 3.8) is 0 Å². The summed E-state index contributed by atoms with van der Waals surface area (Å²) >= 11 is 0. The van der Waals surface area contributed by atoms with Gasteiger partial charge in [0, 0.05) is 44.8 Å². The molecule has 0 spiro atoms. The molecule has 3 heterocycles. The number of aromatic nitrogens is 1. The predicted octanol–water partition coefficient (Wildman–Crippen LogP) is 1.41. The van der Waals surface area contributed by atoms with Crippen molar-refractivity contribution in [2.45, 2.75) is 19.3 Å². The van der Waals surface area contributed by atoms with Gasteiger partial charge in [-0.05, 0) is 37.9 Å². The van der Waals surface area contributed by atoms with Gasteiger partial charge in [0.15, 0.2) is 0 Å². The number of hydrogen-bond acceptors (Lipinski definition) is 5. The number of rotatable bonds is 2. The highest BCUT2D eigenvalue weighted by molar-refractivity contribution is 5.85. The maximum Gasteiger partial charge on any atom is 0.225 e. The number of halogens is 1. The maximum atomic E-state index is 12.7. The van der Waals surface area contributed by atoms with Crippen LogP contribution in [0.2, 0.25) is 0 Å². The normalized spacial score (nSPS) is 19.1. The van der Waals surface area contributed by atoms with Crippen LogP contribution in [0.3, 0.4) is 0 Å². The van der Waals surface area contributed by atoms with Gasteiger partial charge in [-0.1, -0.05) is 0 Å². The molecule has 2 saturated heterocycles. The van der Waals surface area contributed by atoms with Gasteiger partial charge in [0.05, 0.1) is 5.56 Å². The molecular weight excluding hydrogens is 326 g/mol. The zero-order valence-electron chi connectivity index (χ0n) is 13.8. The fourth-order valence-electron chi connectivity index (χ4n) is 3.32. The Labute approximate surface area is 149 Å². The average Bonchev–Trinajstić information content (AvgIpc) is 2.91. The summed E-state index contributed by atoms with van der Waals surface area (Å²) in [6.45, 7) is 5.31. The van der Waals surface area contributed by atoms with Crippen molar-refractivity contribution >= 4 is 24.1 Å². The van der Waals surface area contributed by atoms with Crippen LogP contribution < -0.4 is 10.2 Å². The first-order chi connectivity index (χ1) is 11.3. The highest BCUT2D eigenvalue weighted by Crippen LogP contribution is 2.23. The number of carbonyl (C=O) groups is 1. The minimum Gasteiger partial charge on any atom is -0.357 e. The monoisotopic (exact) mass is 349 g/mol. The lowest BCUT2D eigenvalue weighted by Crippen LogP contribution is -2.43. The summed E-state index contributed by atoms with van der Waals surface area (Å²) in [7, 11) is 0. The van der Waals surface area contributed by atoms with E-state index in [1.807, 2.05) is 11.0 Å². The smallest absolute Gasteiger partial charge is 0.225 e. The van der Waals surface area contributed by atoms with Crippen LogP contribution >= 0.6 is 12.4 Å². The van der Waals surface area contributed by atoms with Gasteiger partial charge in [0.25, 0.3) is 0 Å². The third-order valence-electron chi connectivity index (χ3n) is 4.70. The third kappa shape index (κ3) is 4.37. The fourth-order valence-corrected chi connectivity index (χ4v) is 3.32. The molecule has 0 bridgehead atoms. The highest BCUT2D eigenvalue weighted by Gasteiger charge is 2.29. The van der Waals surface area contributed by atoms with Gasteiger partial charge >= 0.3 is 0 Å². The lowest BCUT2D eigenvalue weighted by Gasteiger charge is -2.34. The van der Waals surface area contributed by atoms with Gasteiger partial charge in [0.2, 0.25) is 5.91 Å². The molecule has 1 aromatic rings. The molecule has 24 heavy (non-hydrogen) atoms. The Hall–Kier alpha value is -1.84. The molecule has 1 aromatic heterocycles. The third-order valence-corrected chi connectivity index (χ3v) is 4.70. The van der Waals surface area contributed by atoms with E-state index in [0.29, 0.717) is 11.5 Å². The van der Waals surface area contributed by atoms with Crippen LogP contribution in [-0.4, -0.2) is 55.1 Å². The van der Waals surface area contributed by atoms with Crippen molar-refractivity contribution in [1.82, 2.24) is 15.2 Å². The second-order valence-electron chi connectivity index (χ2n) is 6.21. The molecule has 0 radical (unpaired) electrons. The number of piperidine rings is 1. The molecular formula is C17H24ClN5O. The highest BCUT2D eigenvalue weighted by atomic mass is 35.5. The Bertz CT molecular complexity index is 570. The zero-order valence-corrected chi connectivity index (χ0v) is 14.6. The minimum atomic E-state index is 0. The molecule has 1 amide bonds. The Kier molecular flexibility index (Phi) is 6.83. The van der Waals surface area contributed by atoms with E-state index < -0.39 is 0 Å². The number of nitrogens with one attached hydrogen (secondary N) is 1. The minimum absolute atomic E-state index is 0. The molecule has 2 aliphatic heterocycles. The first kappa shape index (κ1) is 18.5. The Morgan fingerprint density at radius 2 is 2.00 bits per heavy atom. The SMILES string of the molecule is Cl.N#Cc1ccc(N2CCC(C(=O)N3CCCNCC3)CC2)nc1. The maximum absolute atomic E-state index is 12.7. The van der Waals surface area contributed by atoms with Gasteiger partial charge in [-0.15, -0.1) is 12.4 Å². The van der Waals surface area contributed by atoms with Crippen molar-refractivity contribution in [3.8, 4) is 6.07 Å². The van der Waals surface area contributed by atoms with Crippen LogP contribution in [0.5, 0.6) is 0 Å². The summed E-state index contributed by atoms with van der Waals surface area (Å²) in [6, 6.07) is 5.77. The van der Waals surface area contributed by atoms with Crippen molar-refractivity contribution < 1.29 is 4.79 Å². The van der Waals surface area contributed by atoms with Crippen LogP contribution in [0, 0.1) is 17.2 Å². The average molecular weight is 350 g/mol. The van der Waals surface area contributed by atoms with Gasteiger partial charge in [0.1, 0.15) is 11.9 Å². The number of amides is 1. The van der Waals surface area contributed by atoms with Crippen LogP contribution in [0.1, 0.15) is 24.8 Å². The van der Waals surface area contributed by atoms with E-state index in [1.165, 1.54) is 0 Å². The summed E-state index contributed by atoms with van der Waals surface area (Å²) in [4.78, 5) is 21.2. The van der Waals surface area contributed by atoms with Crippen molar-refractivity contribution in [2.75, 3.05) is 44.2 Å². The molecule has 2 aliphatic rings. The predicted molar refractivity (Wildman–Crippen MR) is 95.2 cm³/mol. The summed E-state index contributed by atoms with van der Waals surface area (Å²) in [5.74, 6) is 1.36. The summed E-state index contributed by atoms with van der Waals surface area (Å²) < 4.78 is 0. The van der Waals surface area contributed by atoms with Gasteiger partial charge < -0.3 is 15.1 Å². The van der Waals surface area contributed by atoms with E-state index in [-0.39, 0.29) is 18.3 Å². The Morgan fingerprint density at radius 3 is 2.67 bits per heavy atom. The first-order valence-corrected chi connectivity index (χ1v) is 8.38. The topological polar surface area (TPSA) is 72.3 Å². The van der Waals surface area contributed by atoms with E-state index in [0.717, 1.165) is 64.3 Å². The second-order valence-corrected chi connectivity index (χ2v) is 6.21. The number of nitrogens with zero attached hydrogens (tertiary/aromatic N) is 4. The van der Waals surface area contributed by atoms with E-state index in [2.05, 4.69) is 21.3 Å². The zero-order chi connectivity index (χ0) is 16.1. The number of pyridine rings is 1. The fraction of sp³-hybridized carbons (Fsp3) is 0.588. The molecule has 130 valence electrons. The van der Waals surface area contributed by atoms with Gasteiger partial charge in [-0.2, -0.15) is 5.26 Å². The van der Waals surface area contributed by atoms with Crippen molar-refractivity contribution in [2.24, 2.45) is 5.92 Å². The van der Waals surface area contributed by atoms with Gasteiger partial charge in [-0.3, -0.25) is 4.79 Å². The standard InChI is InChI=1S/C17H23N5O.ClH/c18-12-14-2-3-16(20-13-14)21-9-4-15(5-10-21)17(23)22-8-1-6-19-7-11-22;/h2-3,13,15,19H,1,4-11H2;1H. The lowest BCUT2D eigenvalue weighted by atomic mass is 9.95. The van der Waals surface area contributed by atoms with Crippen molar-refractivity contribution in [3.05, 3.63) is 23.9 Å². The molecule has 1 N–H and O–H groups in total. The number of anilines is 1. The largest absolute Gasteiger partial charge is 0.357 e. The summed E-state index contributed by atoms with van der Waals surface area (Å²) in [5.41, 5.74) is 0.577. The Morgan fingerprint density at radius 1 is 1.21 bits per heavy atom. The molecule has 0 aromatic carbocycles. The molecule has 0 unspecified atom stereocenters. The molecule has 0 aliphatic carbocycles. The van der Waals surface area contributed by atoms with Crippen LogP contribution in [0.25, 0.3) is 0 Å². The molecule has 7 heteroatoms. The molecule has 6 nitrogen and oxygen atoms in total. The van der Waals surface area contributed by atoms with Crippen LogP contribution in [0.15, 0.2) is 18.3 Å². The Balaban J connectivity index is 0.00000208. The summed E-state index contributed by atoms with van der Waals surface area (Å²) in [5, 5.41) is 12.2. The van der Waals surface area contributed by atoms with Crippen LogP contribution in [-0.2, 0) is 4.79 Å². The number of hydrogen-bond donors (Lipinski definition) is 1. The molecule has 0 atom stereocenters. The van der Waals surface area contributed by atoms with E-state index in [4.69, 9.17) is 5.26 Å². The second kappa shape index (κ2) is 8.86. The quantitative estimate of drug-likeness (QED) is 0.874. The summed E-state index contributed by atoms with van der Waals surface area (Å²) in [6.07, 6.45) is 4.41.